The van der Waals surface area contributed by atoms with E-state index >= 15 is 0 Å². The van der Waals surface area contributed by atoms with Gasteiger partial charge in [0, 0.05) is 15.3 Å². The minimum absolute atomic E-state index is 0.405. The van der Waals surface area contributed by atoms with Crippen molar-refractivity contribution < 1.29 is 0 Å². The van der Waals surface area contributed by atoms with Gasteiger partial charge in [-0.05, 0) is 40.8 Å². The molecule has 0 N–H and O–H groups in total. The summed E-state index contributed by atoms with van der Waals surface area (Å²) in [5, 5.41) is 1.82. The molecule has 0 bridgehead atoms. The molecule has 2 rings (SSSR count). The zero-order chi connectivity index (χ0) is 12.6. The quantitative estimate of drug-likeness (QED) is 0.411. The van der Waals surface area contributed by atoms with E-state index in [0.29, 0.717) is 31.3 Å². The predicted molar refractivity (Wildman–Crippen MR) is 82.4 cm³/mol. The number of hydrogen-bond acceptors (Lipinski definition) is 1. The van der Waals surface area contributed by atoms with E-state index in [-0.39, 0.29) is 0 Å². The fraction of sp³-hybridized carbons (Fsp3) is 0. The Labute approximate surface area is 132 Å². The van der Waals surface area contributed by atoms with Crippen molar-refractivity contribution in [1.29, 1.82) is 0 Å². The van der Waals surface area contributed by atoms with E-state index in [2.05, 4.69) is 27.6 Å². The number of nitrogens with zero attached hydrogens (tertiary/aromatic N) is 1. The lowest BCUT2D eigenvalue weighted by molar-refractivity contribution is 1.31. The molecule has 0 atom stereocenters. The van der Waals surface area contributed by atoms with Crippen LogP contribution >= 0.6 is 69.0 Å². The molecule has 88 valence electrons. The summed E-state index contributed by atoms with van der Waals surface area (Å²) >= 11 is 26.2. The molecule has 17 heavy (non-hydrogen) atoms. The van der Waals surface area contributed by atoms with Gasteiger partial charge in [0.25, 0.3) is 0 Å². The van der Waals surface area contributed by atoms with Crippen LogP contribution in [0, 0.1) is 3.57 Å². The summed E-state index contributed by atoms with van der Waals surface area (Å²) in [6.07, 6.45) is 1.71. The molecule has 0 aliphatic rings. The van der Waals surface area contributed by atoms with Crippen LogP contribution in [0.15, 0.2) is 24.4 Å². The molecule has 0 spiro atoms. The van der Waals surface area contributed by atoms with E-state index in [1.165, 1.54) is 0 Å². The predicted octanol–water partition coefficient (Wildman–Crippen LogP) is 5.97. The van der Waals surface area contributed by atoms with E-state index in [9.17, 15) is 0 Å². The molecule has 0 saturated heterocycles. The zero-order valence-corrected chi connectivity index (χ0v) is 13.3. The Morgan fingerprint density at radius 2 is 1.47 bits per heavy atom. The van der Waals surface area contributed by atoms with Crippen molar-refractivity contribution in [2.75, 3.05) is 0 Å². The van der Waals surface area contributed by atoms with Crippen LogP contribution in [-0.4, -0.2) is 4.98 Å². The van der Waals surface area contributed by atoms with Gasteiger partial charge >= 0.3 is 0 Å². The van der Waals surface area contributed by atoms with Crippen LogP contribution in [0.1, 0.15) is 0 Å². The summed E-state index contributed by atoms with van der Waals surface area (Å²) in [7, 11) is 0. The maximum absolute atomic E-state index is 6.13. The van der Waals surface area contributed by atoms with Crippen molar-refractivity contribution in [2.24, 2.45) is 0 Å². The van der Waals surface area contributed by atoms with Crippen molar-refractivity contribution in [3.8, 4) is 11.3 Å². The molecule has 0 aliphatic heterocycles. The van der Waals surface area contributed by atoms with Crippen molar-refractivity contribution >= 4 is 69.0 Å². The Morgan fingerprint density at radius 3 is 2.12 bits per heavy atom. The van der Waals surface area contributed by atoms with Crippen LogP contribution in [0.2, 0.25) is 20.1 Å². The van der Waals surface area contributed by atoms with Gasteiger partial charge in [-0.3, -0.25) is 4.98 Å². The molecule has 0 aliphatic carbocycles. The van der Waals surface area contributed by atoms with Gasteiger partial charge in [-0.15, -0.1) is 0 Å². The van der Waals surface area contributed by atoms with E-state index in [1.807, 2.05) is 6.07 Å². The standard InChI is InChI=1S/C11H4Cl4IN/c12-7-3-9(14)8(13)2-6(7)11-10(15)1-5(16)4-17-11/h1-4H. The van der Waals surface area contributed by atoms with Crippen LogP contribution < -0.4 is 0 Å². The lowest BCUT2D eigenvalue weighted by Crippen LogP contribution is -1.88. The fourth-order valence-electron chi connectivity index (χ4n) is 1.32. The first-order valence-corrected chi connectivity index (χ1v) is 7.04. The smallest absolute Gasteiger partial charge is 0.0904 e. The van der Waals surface area contributed by atoms with Crippen molar-refractivity contribution in [3.05, 3.63) is 48.1 Å². The largest absolute Gasteiger partial charge is 0.254 e. The average Bonchev–Trinajstić information content (AvgIpc) is 2.24. The first kappa shape index (κ1) is 13.7. The normalized spacial score (nSPS) is 10.6. The number of aromatic nitrogens is 1. The number of halogens is 5. The van der Waals surface area contributed by atoms with Crippen LogP contribution in [0.3, 0.4) is 0 Å². The molecule has 0 fully saturated rings. The van der Waals surface area contributed by atoms with Crippen molar-refractivity contribution in [2.45, 2.75) is 0 Å². The Kier molecular flexibility index (Phi) is 4.42. The highest BCUT2D eigenvalue weighted by atomic mass is 127. The van der Waals surface area contributed by atoms with E-state index < -0.39 is 0 Å². The second-order valence-corrected chi connectivity index (χ2v) is 6.10. The minimum Gasteiger partial charge on any atom is -0.254 e. The molecule has 0 radical (unpaired) electrons. The van der Waals surface area contributed by atoms with Gasteiger partial charge < -0.3 is 0 Å². The van der Waals surface area contributed by atoms with Gasteiger partial charge in [0.15, 0.2) is 0 Å². The van der Waals surface area contributed by atoms with Crippen molar-refractivity contribution in [1.82, 2.24) is 4.98 Å². The lowest BCUT2D eigenvalue weighted by Gasteiger charge is -2.08. The third kappa shape index (κ3) is 2.99. The molecule has 1 nitrogen and oxygen atoms in total. The minimum atomic E-state index is 0.405. The molecule has 1 aromatic heterocycles. The summed E-state index contributed by atoms with van der Waals surface area (Å²) in [4.78, 5) is 4.25. The summed E-state index contributed by atoms with van der Waals surface area (Å²) in [6.45, 7) is 0. The molecular formula is C11H4Cl4IN. The highest BCUT2D eigenvalue weighted by molar-refractivity contribution is 14.1. The second kappa shape index (κ2) is 5.49. The summed E-state index contributed by atoms with van der Waals surface area (Å²) in [5.41, 5.74) is 1.26. The van der Waals surface area contributed by atoms with Gasteiger partial charge in [0.05, 0.1) is 25.8 Å². The molecule has 0 saturated carbocycles. The number of hydrogen-bond donors (Lipinski definition) is 0. The molecule has 0 amide bonds. The van der Waals surface area contributed by atoms with Crippen LogP contribution in [0.25, 0.3) is 11.3 Å². The molecular weight excluding hydrogens is 415 g/mol. The van der Waals surface area contributed by atoms with Gasteiger partial charge in [-0.2, -0.15) is 0 Å². The monoisotopic (exact) mass is 417 g/mol. The summed E-state index contributed by atoms with van der Waals surface area (Å²) in [5.74, 6) is 0. The van der Waals surface area contributed by atoms with Crippen LogP contribution in [-0.2, 0) is 0 Å². The Bertz CT molecular complexity index is 586. The SMILES string of the molecule is Clc1cc(Cl)c(-c2ncc(I)cc2Cl)cc1Cl. The maximum atomic E-state index is 6.13. The number of pyridine rings is 1. The lowest BCUT2D eigenvalue weighted by atomic mass is 10.1. The first-order valence-electron chi connectivity index (χ1n) is 4.45. The van der Waals surface area contributed by atoms with Crippen LogP contribution in [0.4, 0.5) is 0 Å². The first-order chi connectivity index (χ1) is 7.99. The topological polar surface area (TPSA) is 12.9 Å². The molecule has 2 aromatic rings. The van der Waals surface area contributed by atoms with Gasteiger partial charge in [-0.25, -0.2) is 0 Å². The highest BCUT2D eigenvalue weighted by Crippen LogP contribution is 2.37. The van der Waals surface area contributed by atoms with Gasteiger partial charge in [0.2, 0.25) is 0 Å². The Hall–Kier alpha value is 0.260. The second-order valence-electron chi connectivity index (χ2n) is 3.23. The Balaban J connectivity index is 2.64. The van der Waals surface area contributed by atoms with Crippen LogP contribution in [0.5, 0.6) is 0 Å². The Morgan fingerprint density at radius 1 is 0.824 bits per heavy atom. The third-order valence-corrected chi connectivity index (χ3v) is 3.99. The van der Waals surface area contributed by atoms with Crippen molar-refractivity contribution in [3.63, 3.8) is 0 Å². The van der Waals surface area contributed by atoms with Gasteiger partial charge in [-0.1, -0.05) is 46.4 Å². The number of rotatable bonds is 1. The molecule has 0 unspecified atom stereocenters. The van der Waals surface area contributed by atoms with E-state index in [0.717, 1.165) is 3.57 Å². The third-order valence-electron chi connectivity index (χ3n) is 2.07. The number of benzene rings is 1. The molecule has 1 heterocycles. The zero-order valence-electron chi connectivity index (χ0n) is 8.15. The van der Waals surface area contributed by atoms with E-state index in [1.54, 1.807) is 18.3 Å². The summed E-state index contributed by atoms with van der Waals surface area (Å²) < 4.78 is 0.951. The average molecular weight is 419 g/mol. The molecule has 6 heteroatoms. The maximum Gasteiger partial charge on any atom is 0.0904 e. The summed E-state index contributed by atoms with van der Waals surface area (Å²) in [6, 6.07) is 5.05. The highest BCUT2D eigenvalue weighted by Gasteiger charge is 2.12. The van der Waals surface area contributed by atoms with E-state index in [4.69, 9.17) is 46.4 Å². The molecule has 1 aromatic carbocycles. The van der Waals surface area contributed by atoms with Gasteiger partial charge in [0.1, 0.15) is 0 Å². The fourth-order valence-corrected chi connectivity index (χ4v) is 2.86.